The summed E-state index contributed by atoms with van der Waals surface area (Å²) >= 11 is 3.59. The zero-order valence-electron chi connectivity index (χ0n) is 17.5. The van der Waals surface area contributed by atoms with Crippen molar-refractivity contribution in [2.75, 3.05) is 25.3 Å². The lowest BCUT2D eigenvalue weighted by molar-refractivity contribution is -0.384. The average molecular weight is 470 g/mol. The van der Waals surface area contributed by atoms with Crippen molar-refractivity contribution < 1.29 is 18.5 Å². The Labute approximate surface area is 186 Å². The summed E-state index contributed by atoms with van der Waals surface area (Å²) in [6.07, 6.45) is 5.90. The van der Waals surface area contributed by atoms with Crippen LogP contribution in [0.1, 0.15) is 30.0 Å². The van der Waals surface area contributed by atoms with Gasteiger partial charge in [0.1, 0.15) is 5.75 Å². The van der Waals surface area contributed by atoms with E-state index in [1.54, 1.807) is 30.4 Å². The van der Waals surface area contributed by atoms with E-state index in [1.165, 1.54) is 41.0 Å². The highest BCUT2D eigenvalue weighted by Gasteiger charge is 2.25. The lowest BCUT2D eigenvalue weighted by Crippen LogP contribution is -2.04. The van der Waals surface area contributed by atoms with Gasteiger partial charge in [0.2, 0.25) is 0 Å². The monoisotopic (exact) mass is 469 g/mol. The van der Waals surface area contributed by atoms with Crippen molar-refractivity contribution in [1.82, 2.24) is 0 Å². The maximum atomic E-state index is 13.1. The van der Waals surface area contributed by atoms with Gasteiger partial charge >= 0.3 is 7.60 Å². The highest BCUT2D eigenvalue weighted by atomic mass is 32.2. The molecule has 0 bridgehead atoms. The molecule has 6 nitrogen and oxygen atoms in total. The molecule has 0 unspecified atom stereocenters. The molecule has 2 aromatic carbocycles. The molecule has 0 radical (unpaired) electrons. The minimum absolute atomic E-state index is 0.0419. The topological polar surface area (TPSA) is 78.7 Å². The van der Waals surface area contributed by atoms with Crippen molar-refractivity contribution in [1.29, 1.82) is 0 Å². The summed E-state index contributed by atoms with van der Waals surface area (Å²) in [7, 11) is -3.34. The minimum atomic E-state index is -3.34. The van der Waals surface area contributed by atoms with Gasteiger partial charge in [0.05, 0.1) is 17.7 Å². The Morgan fingerprint density at radius 3 is 2.07 bits per heavy atom. The summed E-state index contributed by atoms with van der Waals surface area (Å²) in [4.78, 5) is 10.3. The molecular formula is C21H28NO5PS2. The first-order valence-corrected chi connectivity index (χ1v) is 14.2. The number of benzene rings is 2. The number of hydrogen-bond donors (Lipinski definition) is 0. The van der Waals surface area contributed by atoms with E-state index < -0.39 is 12.5 Å². The Morgan fingerprint density at radius 2 is 1.57 bits per heavy atom. The molecule has 0 N–H and O–H groups in total. The fourth-order valence-electron chi connectivity index (χ4n) is 3.08. The summed E-state index contributed by atoms with van der Waals surface area (Å²) in [5.74, 6) is 2.24. The van der Waals surface area contributed by atoms with E-state index in [1.807, 2.05) is 0 Å². The molecule has 0 saturated heterocycles. The van der Waals surface area contributed by atoms with E-state index in [4.69, 9.17) is 9.05 Å². The van der Waals surface area contributed by atoms with Gasteiger partial charge in [0.25, 0.3) is 5.69 Å². The molecule has 1 atom stereocenters. The first-order chi connectivity index (χ1) is 14.4. The molecule has 2 aromatic rings. The van der Waals surface area contributed by atoms with Crippen LogP contribution in [-0.4, -0.2) is 30.2 Å². The summed E-state index contributed by atoms with van der Waals surface area (Å²) in [5.41, 5.74) is 3.79. The van der Waals surface area contributed by atoms with Gasteiger partial charge in [0.15, 0.2) is 0 Å². The molecule has 164 valence electrons. The molecule has 0 fully saturated rings. The van der Waals surface area contributed by atoms with Crippen molar-refractivity contribution in [2.45, 2.75) is 31.3 Å². The van der Waals surface area contributed by atoms with Gasteiger partial charge in [-0.05, 0) is 61.1 Å². The Morgan fingerprint density at radius 1 is 1.00 bits per heavy atom. The third kappa shape index (κ3) is 7.99. The van der Waals surface area contributed by atoms with Crippen molar-refractivity contribution >= 4 is 36.8 Å². The van der Waals surface area contributed by atoms with E-state index in [0.717, 1.165) is 17.9 Å². The number of rotatable bonds is 13. The highest BCUT2D eigenvalue weighted by molar-refractivity contribution is 7.98. The predicted molar refractivity (Wildman–Crippen MR) is 127 cm³/mol. The van der Waals surface area contributed by atoms with Gasteiger partial charge in [0, 0.05) is 23.6 Å². The van der Waals surface area contributed by atoms with Crippen molar-refractivity contribution in [3.8, 4) is 5.75 Å². The average Bonchev–Trinajstić information content (AvgIpc) is 2.69. The molecular weight excluding hydrogens is 441 g/mol. The summed E-state index contributed by atoms with van der Waals surface area (Å²) < 4.78 is 24.3. The highest BCUT2D eigenvalue weighted by Crippen LogP contribution is 2.49. The van der Waals surface area contributed by atoms with Crippen molar-refractivity contribution in [2.24, 2.45) is 0 Å². The zero-order chi connectivity index (χ0) is 22.0. The van der Waals surface area contributed by atoms with Crippen molar-refractivity contribution in [3.05, 3.63) is 69.3 Å². The molecule has 9 heteroatoms. The largest absolute Gasteiger partial charge is 0.424 e. The summed E-state index contributed by atoms with van der Waals surface area (Å²) in [6, 6.07) is 12.2. The third-order valence-corrected chi connectivity index (χ3v) is 7.50. The van der Waals surface area contributed by atoms with Gasteiger partial charge < -0.3 is 9.05 Å². The van der Waals surface area contributed by atoms with Crippen LogP contribution in [-0.2, 0) is 27.0 Å². The van der Waals surface area contributed by atoms with E-state index in [2.05, 4.69) is 30.7 Å². The number of nitro groups is 1. The Bertz CT molecular complexity index is 852. The van der Waals surface area contributed by atoms with Crippen LogP contribution in [0.2, 0.25) is 0 Å². The molecule has 2 rings (SSSR count). The maximum absolute atomic E-state index is 13.1. The number of thioether (sulfide) groups is 2. The fraction of sp³-hybridized carbons (Fsp3) is 0.429. The second kappa shape index (κ2) is 12.4. The Kier molecular flexibility index (Phi) is 10.2. The summed E-state index contributed by atoms with van der Waals surface area (Å²) in [5, 5.41) is 10.8. The van der Waals surface area contributed by atoms with Crippen LogP contribution in [0, 0.1) is 10.1 Å². The minimum Gasteiger partial charge on any atom is -0.424 e. The molecule has 0 saturated carbocycles. The Hall–Kier alpha value is -1.47. The van der Waals surface area contributed by atoms with Gasteiger partial charge in [-0.15, -0.1) is 0 Å². The predicted octanol–water partition coefficient (Wildman–Crippen LogP) is 6.56. The molecule has 0 spiro atoms. The van der Waals surface area contributed by atoms with Crippen LogP contribution in [0.15, 0.2) is 42.5 Å². The van der Waals surface area contributed by atoms with Crippen LogP contribution < -0.4 is 4.52 Å². The maximum Gasteiger partial charge on any atom is 0.379 e. The van der Waals surface area contributed by atoms with E-state index in [9.17, 15) is 14.7 Å². The van der Waals surface area contributed by atoms with E-state index in [-0.39, 0.29) is 18.5 Å². The molecule has 0 aromatic heterocycles. The molecule has 0 aliphatic carbocycles. The SMILES string of the molecule is CCO[P@](=O)(CCCc1cc(CSC)cc(CSC)c1)Oc1ccc([N+](=O)[O-])cc1. The molecule has 0 heterocycles. The van der Waals surface area contributed by atoms with Crippen LogP contribution in [0.25, 0.3) is 0 Å². The number of hydrogen-bond acceptors (Lipinski definition) is 7. The van der Waals surface area contributed by atoms with Gasteiger partial charge in [-0.1, -0.05) is 18.2 Å². The van der Waals surface area contributed by atoms with Crippen LogP contribution in [0.4, 0.5) is 5.69 Å². The quantitative estimate of drug-likeness (QED) is 0.187. The molecule has 0 aliphatic rings. The third-order valence-electron chi connectivity index (χ3n) is 4.25. The standard InChI is InChI=1S/C21H28NO5PS2/c1-4-26-28(25,27-21-9-7-20(8-10-21)22(23)24)11-5-6-17-12-18(15-29-2)14-19(13-17)16-30-3/h7-10,12-14H,4-6,11,15-16H2,1-3H3/t28-/m1/s1. The van der Waals surface area contributed by atoms with Crippen LogP contribution in [0.5, 0.6) is 5.75 Å². The van der Waals surface area contributed by atoms with Crippen LogP contribution >= 0.6 is 31.1 Å². The Balaban J connectivity index is 2.04. The number of nitro benzene ring substituents is 1. The fourth-order valence-corrected chi connectivity index (χ4v) is 5.74. The summed E-state index contributed by atoms with van der Waals surface area (Å²) in [6.45, 7) is 2.04. The lowest BCUT2D eigenvalue weighted by atomic mass is 10.0. The normalized spacial score (nSPS) is 13.0. The number of nitrogens with zero attached hydrogens (tertiary/aromatic N) is 1. The number of aryl methyl sites for hydroxylation is 1. The van der Waals surface area contributed by atoms with E-state index in [0.29, 0.717) is 12.2 Å². The smallest absolute Gasteiger partial charge is 0.379 e. The lowest BCUT2D eigenvalue weighted by Gasteiger charge is -2.19. The molecule has 0 aliphatic heterocycles. The molecule has 30 heavy (non-hydrogen) atoms. The van der Waals surface area contributed by atoms with Crippen molar-refractivity contribution in [3.63, 3.8) is 0 Å². The number of non-ortho nitro benzene ring substituents is 1. The first kappa shape index (κ1) is 24.8. The van der Waals surface area contributed by atoms with Crippen LogP contribution in [0.3, 0.4) is 0 Å². The van der Waals surface area contributed by atoms with E-state index >= 15 is 0 Å². The second-order valence-electron chi connectivity index (χ2n) is 6.72. The first-order valence-electron chi connectivity index (χ1n) is 9.66. The van der Waals surface area contributed by atoms with Gasteiger partial charge in [-0.3, -0.25) is 10.1 Å². The second-order valence-corrected chi connectivity index (χ2v) is 10.6. The van der Waals surface area contributed by atoms with Gasteiger partial charge in [-0.2, -0.15) is 23.5 Å². The van der Waals surface area contributed by atoms with Gasteiger partial charge in [-0.25, -0.2) is 4.57 Å². The zero-order valence-corrected chi connectivity index (χ0v) is 20.1. The molecule has 0 amide bonds.